The summed E-state index contributed by atoms with van der Waals surface area (Å²) in [4.78, 5) is 0. The molecule has 1 aromatic heterocycles. The molecule has 94 valence electrons. The van der Waals surface area contributed by atoms with Crippen LogP contribution in [0.25, 0.3) is 11.3 Å². The number of hydrogen-bond donors (Lipinski definition) is 1. The molecule has 0 aliphatic heterocycles. The molecule has 0 spiro atoms. The van der Waals surface area contributed by atoms with Crippen molar-refractivity contribution in [3.8, 4) is 11.3 Å². The lowest BCUT2D eigenvalue weighted by Crippen LogP contribution is -2.06. The first-order valence-electron chi connectivity index (χ1n) is 5.97. The first kappa shape index (κ1) is 12.5. The number of halogens is 1. The fourth-order valence-electron chi connectivity index (χ4n) is 1.85. The molecule has 0 fully saturated rings. The van der Waals surface area contributed by atoms with Crippen LogP contribution in [-0.4, -0.2) is 16.7 Å². The van der Waals surface area contributed by atoms with Crippen molar-refractivity contribution in [1.82, 2.24) is 10.2 Å². The fourth-order valence-corrected chi connectivity index (χ4v) is 1.85. The fraction of sp³-hybridized carbons (Fsp3) is 0.286. The Bertz CT molecular complexity index is 567. The number of anilines is 1. The van der Waals surface area contributed by atoms with E-state index in [9.17, 15) is 4.39 Å². The zero-order valence-electron chi connectivity index (χ0n) is 10.8. The van der Waals surface area contributed by atoms with E-state index in [0.29, 0.717) is 0 Å². The highest BCUT2D eigenvalue weighted by molar-refractivity contribution is 5.66. The summed E-state index contributed by atoms with van der Waals surface area (Å²) in [7, 11) is 0. The van der Waals surface area contributed by atoms with E-state index < -0.39 is 0 Å². The van der Waals surface area contributed by atoms with Gasteiger partial charge in [-0.15, -0.1) is 10.2 Å². The Hall–Kier alpha value is -1.97. The van der Waals surface area contributed by atoms with Crippen molar-refractivity contribution in [2.75, 3.05) is 11.9 Å². The third-order valence-corrected chi connectivity index (χ3v) is 2.97. The van der Waals surface area contributed by atoms with Gasteiger partial charge in [-0.1, -0.05) is 12.1 Å². The van der Waals surface area contributed by atoms with Gasteiger partial charge in [-0.2, -0.15) is 0 Å². The van der Waals surface area contributed by atoms with Crippen molar-refractivity contribution in [1.29, 1.82) is 0 Å². The average molecular weight is 245 g/mol. The number of benzene rings is 1. The SMILES string of the molecule is CCNc1nnc(-c2cccc(F)c2)c(C)c1C. The first-order chi connectivity index (χ1) is 8.63. The first-order valence-corrected chi connectivity index (χ1v) is 5.97. The predicted octanol–water partition coefficient (Wildman–Crippen LogP) is 3.33. The highest BCUT2D eigenvalue weighted by Gasteiger charge is 2.11. The number of hydrogen-bond acceptors (Lipinski definition) is 3. The van der Waals surface area contributed by atoms with Gasteiger partial charge in [0.1, 0.15) is 5.82 Å². The van der Waals surface area contributed by atoms with Crippen LogP contribution in [0.3, 0.4) is 0 Å². The molecular formula is C14H16FN3. The Kier molecular flexibility index (Phi) is 3.55. The highest BCUT2D eigenvalue weighted by Crippen LogP contribution is 2.26. The van der Waals surface area contributed by atoms with Crippen molar-refractivity contribution in [3.63, 3.8) is 0 Å². The van der Waals surface area contributed by atoms with E-state index in [2.05, 4.69) is 15.5 Å². The van der Waals surface area contributed by atoms with E-state index in [1.54, 1.807) is 6.07 Å². The van der Waals surface area contributed by atoms with E-state index in [1.807, 2.05) is 26.8 Å². The molecule has 18 heavy (non-hydrogen) atoms. The molecule has 1 heterocycles. The summed E-state index contributed by atoms with van der Waals surface area (Å²) in [6, 6.07) is 6.42. The van der Waals surface area contributed by atoms with Crippen LogP contribution in [0.1, 0.15) is 18.1 Å². The molecule has 0 saturated heterocycles. The van der Waals surface area contributed by atoms with E-state index in [-0.39, 0.29) is 5.82 Å². The van der Waals surface area contributed by atoms with E-state index in [0.717, 1.165) is 34.7 Å². The van der Waals surface area contributed by atoms with Crippen LogP contribution in [0.4, 0.5) is 10.2 Å². The highest BCUT2D eigenvalue weighted by atomic mass is 19.1. The summed E-state index contributed by atoms with van der Waals surface area (Å²) in [5, 5.41) is 11.5. The molecule has 0 aliphatic carbocycles. The van der Waals surface area contributed by atoms with Crippen LogP contribution < -0.4 is 5.32 Å². The van der Waals surface area contributed by atoms with Gasteiger partial charge in [-0.25, -0.2) is 4.39 Å². The zero-order valence-corrected chi connectivity index (χ0v) is 10.8. The molecule has 0 amide bonds. The second-order valence-electron chi connectivity index (χ2n) is 4.19. The normalized spacial score (nSPS) is 10.4. The standard InChI is InChI=1S/C14H16FN3/c1-4-16-14-10(3)9(2)13(17-18-14)11-6-5-7-12(15)8-11/h5-8H,4H2,1-3H3,(H,16,18). The third kappa shape index (κ3) is 2.32. The molecule has 1 N–H and O–H groups in total. The summed E-state index contributed by atoms with van der Waals surface area (Å²) in [6.07, 6.45) is 0. The van der Waals surface area contributed by atoms with Crippen molar-refractivity contribution in [2.45, 2.75) is 20.8 Å². The Morgan fingerprint density at radius 3 is 2.61 bits per heavy atom. The van der Waals surface area contributed by atoms with E-state index >= 15 is 0 Å². The Labute approximate surface area is 106 Å². The van der Waals surface area contributed by atoms with Gasteiger partial charge in [0.05, 0.1) is 5.69 Å². The minimum atomic E-state index is -0.262. The number of nitrogens with zero attached hydrogens (tertiary/aromatic N) is 2. The van der Waals surface area contributed by atoms with Gasteiger partial charge < -0.3 is 5.32 Å². The Morgan fingerprint density at radius 1 is 1.17 bits per heavy atom. The zero-order chi connectivity index (χ0) is 13.1. The molecule has 0 bridgehead atoms. The van der Waals surface area contributed by atoms with Crippen molar-refractivity contribution < 1.29 is 4.39 Å². The topological polar surface area (TPSA) is 37.8 Å². The van der Waals surface area contributed by atoms with Crippen molar-refractivity contribution >= 4 is 5.82 Å². The van der Waals surface area contributed by atoms with Crippen molar-refractivity contribution in [3.05, 3.63) is 41.2 Å². The van der Waals surface area contributed by atoms with Gasteiger partial charge >= 0.3 is 0 Å². The molecule has 4 heteroatoms. The summed E-state index contributed by atoms with van der Waals surface area (Å²) in [5.41, 5.74) is 3.55. The molecule has 2 rings (SSSR count). The molecular weight excluding hydrogens is 229 g/mol. The maximum Gasteiger partial charge on any atom is 0.151 e. The van der Waals surface area contributed by atoms with Gasteiger partial charge in [-0.05, 0) is 44.0 Å². The smallest absolute Gasteiger partial charge is 0.151 e. The van der Waals surface area contributed by atoms with Gasteiger partial charge in [0.15, 0.2) is 5.82 Å². The second kappa shape index (κ2) is 5.12. The maximum absolute atomic E-state index is 13.2. The lowest BCUT2D eigenvalue weighted by atomic mass is 10.0. The quantitative estimate of drug-likeness (QED) is 0.901. The van der Waals surface area contributed by atoms with Crippen molar-refractivity contribution in [2.24, 2.45) is 0 Å². The average Bonchev–Trinajstić information content (AvgIpc) is 2.35. The summed E-state index contributed by atoms with van der Waals surface area (Å²) in [5.74, 6) is 0.525. The van der Waals surface area contributed by atoms with Crippen LogP contribution in [-0.2, 0) is 0 Å². The molecule has 0 radical (unpaired) electrons. The van der Waals surface area contributed by atoms with Crippen LogP contribution in [0, 0.1) is 19.7 Å². The number of aromatic nitrogens is 2. The van der Waals surface area contributed by atoms with Crippen LogP contribution >= 0.6 is 0 Å². The van der Waals surface area contributed by atoms with Crippen LogP contribution in [0.15, 0.2) is 24.3 Å². The Balaban J connectivity index is 2.50. The Morgan fingerprint density at radius 2 is 1.94 bits per heavy atom. The summed E-state index contributed by atoms with van der Waals surface area (Å²) >= 11 is 0. The minimum absolute atomic E-state index is 0.262. The van der Waals surface area contributed by atoms with Gasteiger partial charge in [0, 0.05) is 12.1 Å². The molecule has 2 aromatic rings. The second-order valence-corrected chi connectivity index (χ2v) is 4.19. The maximum atomic E-state index is 13.2. The lowest BCUT2D eigenvalue weighted by Gasteiger charge is -2.11. The third-order valence-electron chi connectivity index (χ3n) is 2.97. The van der Waals surface area contributed by atoms with Gasteiger partial charge in [-0.3, -0.25) is 0 Å². The van der Waals surface area contributed by atoms with Gasteiger partial charge in [0.2, 0.25) is 0 Å². The molecule has 0 unspecified atom stereocenters. The molecule has 1 aromatic carbocycles. The molecule has 0 aliphatic rings. The largest absolute Gasteiger partial charge is 0.369 e. The lowest BCUT2D eigenvalue weighted by molar-refractivity contribution is 0.628. The van der Waals surface area contributed by atoms with Gasteiger partial charge in [0.25, 0.3) is 0 Å². The number of rotatable bonds is 3. The molecule has 0 saturated carbocycles. The molecule has 3 nitrogen and oxygen atoms in total. The van der Waals surface area contributed by atoms with E-state index in [4.69, 9.17) is 0 Å². The predicted molar refractivity (Wildman–Crippen MR) is 71.1 cm³/mol. The van der Waals surface area contributed by atoms with Crippen LogP contribution in [0.5, 0.6) is 0 Å². The number of nitrogens with one attached hydrogen (secondary N) is 1. The monoisotopic (exact) mass is 245 g/mol. The summed E-state index contributed by atoms with van der Waals surface area (Å²) in [6.45, 7) is 6.78. The minimum Gasteiger partial charge on any atom is -0.369 e. The summed E-state index contributed by atoms with van der Waals surface area (Å²) < 4.78 is 13.2. The van der Waals surface area contributed by atoms with Crippen LogP contribution in [0.2, 0.25) is 0 Å². The van der Waals surface area contributed by atoms with E-state index in [1.165, 1.54) is 12.1 Å². The molecule has 0 atom stereocenters.